The molecule has 3 heterocycles. The van der Waals surface area contributed by atoms with Gasteiger partial charge in [0.25, 0.3) is 0 Å². The van der Waals surface area contributed by atoms with E-state index in [2.05, 4.69) is 20.1 Å². The van der Waals surface area contributed by atoms with E-state index in [4.69, 9.17) is 23.2 Å². The Labute approximate surface area is 123 Å². The van der Waals surface area contributed by atoms with Crippen molar-refractivity contribution in [1.29, 1.82) is 0 Å². The lowest BCUT2D eigenvalue weighted by Gasteiger charge is -2.13. The van der Waals surface area contributed by atoms with Crippen molar-refractivity contribution in [2.75, 3.05) is 0 Å². The third kappa shape index (κ3) is 2.10. The van der Waals surface area contributed by atoms with E-state index in [0.717, 1.165) is 0 Å². The molecule has 0 saturated heterocycles. The van der Waals surface area contributed by atoms with Crippen LogP contribution in [0.1, 0.15) is 18.5 Å². The Bertz CT molecular complexity index is 789. The Morgan fingerprint density at radius 2 is 2.10 bits per heavy atom. The molecule has 0 unspecified atom stereocenters. The topological polar surface area (TPSA) is 56.5 Å². The minimum atomic E-state index is -0.560. The molecule has 0 saturated carbocycles. The number of hydrogen-bond acceptors (Lipinski definition) is 4. The summed E-state index contributed by atoms with van der Waals surface area (Å²) in [6, 6.07) is 2.85. The molecule has 0 aliphatic heterocycles. The van der Waals surface area contributed by atoms with Crippen molar-refractivity contribution in [3.8, 4) is 0 Å². The zero-order valence-electron chi connectivity index (χ0n) is 10.3. The van der Waals surface area contributed by atoms with E-state index in [1.165, 1.54) is 17.1 Å². The first-order chi connectivity index (χ1) is 9.58. The zero-order valence-corrected chi connectivity index (χ0v) is 11.8. The molecule has 0 bridgehead atoms. The van der Waals surface area contributed by atoms with Crippen LogP contribution in [0.4, 0.5) is 4.39 Å². The number of pyridine rings is 1. The van der Waals surface area contributed by atoms with Crippen LogP contribution in [-0.4, -0.2) is 24.7 Å². The van der Waals surface area contributed by atoms with Crippen LogP contribution in [0.5, 0.6) is 0 Å². The number of hydrogen-bond donors (Lipinski definition) is 0. The third-order valence-electron chi connectivity index (χ3n) is 2.94. The fraction of sp³-hybridized carbons (Fsp3) is 0.167. The smallest absolute Gasteiger partial charge is 0.218 e. The highest BCUT2D eigenvalue weighted by Crippen LogP contribution is 2.27. The maximum atomic E-state index is 13.8. The van der Waals surface area contributed by atoms with Crippen molar-refractivity contribution in [3.05, 3.63) is 46.3 Å². The number of fused-ring (bicyclic) bond motifs is 1. The molecule has 102 valence electrons. The SMILES string of the molecule is C[C@@H](c1cccnc1F)n1nc(Cl)c2ncc(Cl)nc21. The summed E-state index contributed by atoms with van der Waals surface area (Å²) in [4.78, 5) is 11.9. The highest BCUT2D eigenvalue weighted by Gasteiger charge is 2.20. The molecule has 0 amide bonds. The summed E-state index contributed by atoms with van der Waals surface area (Å²) in [6.07, 6.45) is 2.77. The van der Waals surface area contributed by atoms with E-state index in [9.17, 15) is 4.39 Å². The maximum absolute atomic E-state index is 13.8. The highest BCUT2D eigenvalue weighted by atomic mass is 35.5. The Hall–Kier alpha value is -1.79. The lowest BCUT2D eigenvalue weighted by atomic mass is 10.1. The summed E-state index contributed by atoms with van der Waals surface area (Å²) >= 11 is 11.9. The lowest BCUT2D eigenvalue weighted by molar-refractivity contribution is 0.508. The number of aromatic nitrogens is 5. The van der Waals surface area contributed by atoms with Gasteiger partial charge in [-0.1, -0.05) is 29.3 Å². The third-order valence-corrected chi connectivity index (χ3v) is 3.37. The minimum absolute atomic E-state index is 0.195. The first-order valence-corrected chi connectivity index (χ1v) is 6.50. The van der Waals surface area contributed by atoms with Crippen LogP contribution in [0.3, 0.4) is 0 Å². The summed E-state index contributed by atoms with van der Waals surface area (Å²) in [5.41, 5.74) is 1.21. The van der Waals surface area contributed by atoms with Crippen LogP contribution in [0.25, 0.3) is 11.2 Å². The van der Waals surface area contributed by atoms with E-state index >= 15 is 0 Å². The molecule has 0 spiro atoms. The van der Waals surface area contributed by atoms with Crippen LogP contribution in [0.2, 0.25) is 10.3 Å². The first kappa shape index (κ1) is 13.2. The summed E-state index contributed by atoms with van der Waals surface area (Å²) in [5.74, 6) is -0.560. The predicted octanol–water partition coefficient (Wildman–Crippen LogP) is 3.28. The normalized spacial score (nSPS) is 12.8. The Balaban J connectivity index is 2.19. The molecule has 3 rings (SSSR count). The molecule has 5 nitrogen and oxygen atoms in total. The average molecular weight is 312 g/mol. The van der Waals surface area contributed by atoms with Crippen LogP contribution >= 0.6 is 23.2 Å². The maximum Gasteiger partial charge on any atom is 0.218 e. The standard InChI is InChI=1S/C12H8Cl2FN5/c1-6(7-3-2-4-16-11(7)15)20-12-9(10(14)19-20)17-5-8(13)18-12/h2-6H,1H3/t6-/m0/s1. The largest absolute Gasteiger partial charge is 0.246 e. The second kappa shape index (κ2) is 4.96. The van der Waals surface area contributed by atoms with Crippen molar-refractivity contribution in [1.82, 2.24) is 24.7 Å². The van der Waals surface area contributed by atoms with E-state index < -0.39 is 12.0 Å². The molecule has 0 aliphatic carbocycles. The van der Waals surface area contributed by atoms with Gasteiger partial charge in [0.15, 0.2) is 10.8 Å². The van der Waals surface area contributed by atoms with Gasteiger partial charge >= 0.3 is 0 Å². The van der Waals surface area contributed by atoms with Crippen LogP contribution in [0, 0.1) is 5.95 Å². The fourth-order valence-electron chi connectivity index (χ4n) is 1.96. The molecule has 0 radical (unpaired) electrons. The van der Waals surface area contributed by atoms with Crippen molar-refractivity contribution >= 4 is 34.4 Å². The van der Waals surface area contributed by atoms with E-state index in [1.807, 2.05) is 0 Å². The summed E-state index contributed by atoms with van der Waals surface area (Å²) in [6.45, 7) is 1.77. The highest BCUT2D eigenvalue weighted by molar-refractivity contribution is 6.34. The van der Waals surface area contributed by atoms with Gasteiger partial charge in [-0.3, -0.25) is 0 Å². The number of rotatable bonds is 2. The van der Waals surface area contributed by atoms with Gasteiger partial charge in [-0.2, -0.15) is 9.49 Å². The summed E-state index contributed by atoms with van der Waals surface area (Å²) in [5, 5.41) is 4.56. The quantitative estimate of drug-likeness (QED) is 0.681. The number of halogens is 3. The molecule has 0 fully saturated rings. The minimum Gasteiger partial charge on any atom is -0.246 e. The molecule has 0 N–H and O–H groups in total. The van der Waals surface area contributed by atoms with Crippen molar-refractivity contribution < 1.29 is 4.39 Å². The van der Waals surface area contributed by atoms with E-state index in [-0.39, 0.29) is 10.3 Å². The predicted molar refractivity (Wildman–Crippen MR) is 73.4 cm³/mol. The molecular formula is C12H8Cl2FN5. The summed E-state index contributed by atoms with van der Waals surface area (Å²) < 4.78 is 15.2. The molecule has 8 heteroatoms. The molecule has 1 atom stereocenters. The van der Waals surface area contributed by atoms with Crippen LogP contribution < -0.4 is 0 Å². The van der Waals surface area contributed by atoms with Gasteiger partial charge < -0.3 is 0 Å². The van der Waals surface area contributed by atoms with Gasteiger partial charge in [-0.05, 0) is 13.0 Å². The fourth-order valence-corrected chi connectivity index (χ4v) is 2.31. The van der Waals surface area contributed by atoms with Gasteiger partial charge in [-0.15, -0.1) is 0 Å². The molecule has 20 heavy (non-hydrogen) atoms. The second-order valence-corrected chi connectivity index (χ2v) is 4.90. The van der Waals surface area contributed by atoms with Gasteiger partial charge in [0.1, 0.15) is 10.7 Å². The Morgan fingerprint density at radius 3 is 2.85 bits per heavy atom. The molecule has 3 aromatic heterocycles. The number of nitrogens with zero attached hydrogens (tertiary/aromatic N) is 5. The summed E-state index contributed by atoms with van der Waals surface area (Å²) in [7, 11) is 0. The van der Waals surface area contributed by atoms with E-state index in [0.29, 0.717) is 16.7 Å². The molecule has 3 aromatic rings. The lowest BCUT2D eigenvalue weighted by Crippen LogP contribution is -2.11. The van der Waals surface area contributed by atoms with Crippen molar-refractivity contribution in [2.24, 2.45) is 0 Å². The van der Waals surface area contributed by atoms with E-state index in [1.54, 1.807) is 19.1 Å². The van der Waals surface area contributed by atoms with Crippen LogP contribution in [-0.2, 0) is 0 Å². The van der Waals surface area contributed by atoms with Crippen LogP contribution in [0.15, 0.2) is 24.5 Å². The zero-order chi connectivity index (χ0) is 14.3. The van der Waals surface area contributed by atoms with Gasteiger partial charge in [0, 0.05) is 11.8 Å². The van der Waals surface area contributed by atoms with Gasteiger partial charge in [0.05, 0.1) is 12.2 Å². The average Bonchev–Trinajstić information content (AvgIpc) is 2.75. The first-order valence-electron chi connectivity index (χ1n) is 5.74. The molecular weight excluding hydrogens is 304 g/mol. The van der Waals surface area contributed by atoms with Crippen molar-refractivity contribution in [3.63, 3.8) is 0 Å². The monoisotopic (exact) mass is 311 g/mol. The Morgan fingerprint density at radius 1 is 1.30 bits per heavy atom. The molecule has 0 aromatic carbocycles. The van der Waals surface area contributed by atoms with Gasteiger partial charge in [-0.25, -0.2) is 19.6 Å². The van der Waals surface area contributed by atoms with Gasteiger partial charge in [0.2, 0.25) is 5.95 Å². The second-order valence-electron chi connectivity index (χ2n) is 4.16. The Kier molecular flexibility index (Phi) is 3.27. The molecule has 0 aliphatic rings. The van der Waals surface area contributed by atoms with Crippen molar-refractivity contribution in [2.45, 2.75) is 13.0 Å².